The molecule has 3 atom stereocenters. The highest BCUT2D eigenvalue weighted by Crippen LogP contribution is 2.32. The summed E-state index contributed by atoms with van der Waals surface area (Å²) in [4.78, 5) is 40.4. The van der Waals surface area contributed by atoms with E-state index in [2.05, 4.69) is 10.6 Å². The smallest absolute Gasteiger partial charge is 0.324 e. The van der Waals surface area contributed by atoms with Gasteiger partial charge in [0.2, 0.25) is 5.91 Å². The zero-order valence-corrected chi connectivity index (χ0v) is 15.7. The first-order valence-electron chi connectivity index (χ1n) is 9.41. The number of Topliss-reactive ketones (excluding diaryl/α,β-unsaturated/α-hetero) is 1. The summed E-state index contributed by atoms with van der Waals surface area (Å²) in [7, 11) is 3.88. The molecule has 7 nitrogen and oxygen atoms in total. The maximum Gasteiger partial charge on any atom is 0.324 e. The third-order valence-electron chi connectivity index (χ3n) is 5.15. The maximum absolute atomic E-state index is 12.9. The van der Waals surface area contributed by atoms with Crippen molar-refractivity contribution in [2.24, 2.45) is 11.8 Å². The zero-order valence-electron chi connectivity index (χ0n) is 15.7. The number of carbonyl (C=O) groups is 3. The predicted octanol–water partition coefficient (Wildman–Crippen LogP) is 0.844. The minimum atomic E-state index is -0.310. The summed E-state index contributed by atoms with van der Waals surface area (Å²) < 4.78 is 0. The summed E-state index contributed by atoms with van der Waals surface area (Å²) in [5.74, 6) is 0.179. The van der Waals surface area contributed by atoms with Crippen molar-refractivity contribution in [1.82, 2.24) is 20.4 Å². The number of nitrogens with one attached hydrogen (secondary N) is 2. The Labute approximate surface area is 150 Å². The van der Waals surface area contributed by atoms with Crippen molar-refractivity contribution in [3.63, 3.8) is 0 Å². The van der Waals surface area contributed by atoms with Crippen molar-refractivity contribution in [1.29, 1.82) is 0 Å². The number of hydrogen-bond acceptors (Lipinski definition) is 5. The molecule has 3 amide bonds. The molecular weight excluding hydrogens is 320 g/mol. The van der Waals surface area contributed by atoms with Crippen LogP contribution in [-0.4, -0.2) is 73.8 Å². The highest BCUT2D eigenvalue weighted by molar-refractivity contribution is 5.95. The van der Waals surface area contributed by atoms with Gasteiger partial charge in [-0.25, -0.2) is 4.79 Å². The number of nitrogens with zero attached hydrogens (tertiary/aromatic N) is 2. The number of rotatable bonds is 6. The van der Waals surface area contributed by atoms with Gasteiger partial charge in [-0.2, -0.15) is 0 Å². The van der Waals surface area contributed by atoms with Gasteiger partial charge in [-0.05, 0) is 39.3 Å². The third kappa shape index (κ3) is 5.51. The number of imide groups is 1. The van der Waals surface area contributed by atoms with Crippen LogP contribution in [0.3, 0.4) is 0 Å². The quantitative estimate of drug-likeness (QED) is 0.740. The largest absolute Gasteiger partial charge is 0.336 e. The number of ketones is 1. The lowest BCUT2D eigenvalue weighted by atomic mass is 9.75. The predicted molar refractivity (Wildman–Crippen MR) is 96.2 cm³/mol. The molecule has 142 valence electrons. The number of piperidine rings is 1. The van der Waals surface area contributed by atoms with E-state index in [1.165, 1.54) is 4.90 Å². The van der Waals surface area contributed by atoms with Gasteiger partial charge in [0.15, 0.2) is 0 Å². The standard InChI is InChI=1S/C18H32N4O3/c1-4-8-22(18(25)19-7-9-21(2)3)17(24)14-10-13-11-15(23)5-6-16(13)20-12-14/h13-14,16,20H,4-12H2,1-3H3,(H,19,25)/t13-,14-,16-/m1/s1. The Morgan fingerprint density at radius 2 is 2.04 bits per heavy atom. The van der Waals surface area contributed by atoms with E-state index in [0.717, 1.165) is 19.4 Å². The molecule has 0 aromatic rings. The van der Waals surface area contributed by atoms with Gasteiger partial charge in [0.05, 0.1) is 5.92 Å². The van der Waals surface area contributed by atoms with E-state index in [1.807, 2.05) is 25.9 Å². The van der Waals surface area contributed by atoms with Crippen LogP contribution >= 0.6 is 0 Å². The fourth-order valence-electron chi connectivity index (χ4n) is 3.77. The van der Waals surface area contributed by atoms with Crippen LogP contribution in [0.1, 0.15) is 39.0 Å². The fraction of sp³-hybridized carbons (Fsp3) is 0.833. The van der Waals surface area contributed by atoms with Crippen molar-refractivity contribution in [3.05, 3.63) is 0 Å². The normalized spacial score (nSPS) is 26.2. The second kappa shape index (κ2) is 9.29. The molecular formula is C18H32N4O3. The maximum atomic E-state index is 12.9. The monoisotopic (exact) mass is 352 g/mol. The van der Waals surface area contributed by atoms with E-state index >= 15 is 0 Å². The Balaban J connectivity index is 1.94. The highest BCUT2D eigenvalue weighted by Gasteiger charge is 2.39. The lowest BCUT2D eigenvalue weighted by molar-refractivity contribution is -0.135. The second-order valence-corrected chi connectivity index (χ2v) is 7.51. The first kappa shape index (κ1) is 19.8. The van der Waals surface area contributed by atoms with Crippen molar-refractivity contribution < 1.29 is 14.4 Å². The number of likely N-dealkylation sites (N-methyl/N-ethyl adjacent to an activating group) is 1. The van der Waals surface area contributed by atoms with Crippen LogP contribution in [0.25, 0.3) is 0 Å². The van der Waals surface area contributed by atoms with E-state index in [1.54, 1.807) is 0 Å². The van der Waals surface area contributed by atoms with Gasteiger partial charge >= 0.3 is 6.03 Å². The van der Waals surface area contributed by atoms with E-state index < -0.39 is 0 Å². The topological polar surface area (TPSA) is 81.8 Å². The Morgan fingerprint density at radius 3 is 2.72 bits per heavy atom. The van der Waals surface area contributed by atoms with E-state index in [0.29, 0.717) is 50.7 Å². The summed E-state index contributed by atoms with van der Waals surface area (Å²) in [6.07, 6.45) is 3.51. The lowest BCUT2D eigenvalue weighted by Gasteiger charge is -2.40. The Hall–Kier alpha value is -1.47. The molecule has 1 aliphatic heterocycles. The van der Waals surface area contributed by atoms with Crippen LogP contribution in [0.15, 0.2) is 0 Å². The van der Waals surface area contributed by atoms with Gasteiger partial charge in [-0.15, -0.1) is 0 Å². The Bertz CT molecular complexity index is 495. The zero-order chi connectivity index (χ0) is 18.4. The molecule has 1 aliphatic carbocycles. The highest BCUT2D eigenvalue weighted by atomic mass is 16.2. The molecule has 2 rings (SSSR count). The molecule has 0 aromatic carbocycles. The molecule has 0 aromatic heterocycles. The second-order valence-electron chi connectivity index (χ2n) is 7.51. The summed E-state index contributed by atoms with van der Waals surface area (Å²) >= 11 is 0. The van der Waals surface area contributed by atoms with E-state index in [9.17, 15) is 14.4 Å². The van der Waals surface area contributed by atoms with Crippen LogP contribution in [-0.2, 0) is 9.59 Å². The molecule has 7 heteroatoms. The average molecular weight is 352 g/mol. The average Bonchev–Trinajstić information content (AvgIpc) is 2.57. The summed E-state index contributed by atoms with van der Waals surface area (Å²) in [6, 6.07) is 0.0332. The van der Waals surface area contributed by atoms with Crippen molar-refractivity contribution >= 4 is 17.7 Å². The molecule has 1 saturated carbocycles. The molecule has 1 saturated heterocycles. The number of fused-ring (bicyclic) bond motifs is 1. The van der Waals surface area contributed by atoms with Crippen LogP contribution in [0.4, 0.5) is 4.79 Å². The molecule has 2 fully saturated rings. The van der Waals surface area contributed by atoms with Crippen molar-refractivity contribution in [3.8, 4) is 0 Å². The molecule has 25 heavy (non-hydrogen) atoms. The first-order valence-corrected chi connectivity index (χ1v) is 9.41. The Morgan fingerprint density at radius 1 is 1.28 bits per heavy atom. The summed E-state index contributed by atoms with van der Waals surface area (Å²) in [5.41, 5.74) is 0. The van der Waals surface area contributed by atoms with Crippen molar-refractivity contribution in [2.45, 2.75) is 45.1 Å². The number of carbonyl (C=O) groups excluding carboxylic acids is 3. The number of urea groups is 1. The molecule has 2 N–H and O–H groups in total. The molecule has 0 unspecified atom stereocenters. The lowest BCUT2D eigenvalue weighted by Crippen LogP contribution is -2.55. The van der Waals surface area contributed by atoms with Crippen LogP contribution < -0.4 is 10.6 Å². The van der Waals surface area contributed by atoms with Gasteiger partial charge in [-0.3, -0.25) is 14.5 Å². The molecule has 1 heterocycles. The molecule has 0 radical (unpaired) electrons. The minimum Gasteiger partial charge on any atom is -0.336 e. The molecule has 2 aliphatic rings. The Kier molecular flexibility index (Phi) is 7.38. The van der Waals surface area contributed by atoms with Crippen molar-refractivity contribution in [2.75, 3.05) is 40.3 Å². The third-order valence-corrected chi connectivity index (χ3v) is 5.15. The fourth-order valence-corrected chi connectivity index (χ4v) is 3.77. The first-order chi connectivity index (χ1) is 11.9. The van der Waals surface area contributed by atoms with Gasteiger partial charge < -0.3 is 15.5 Å². The minimum absolute atomic E-state index is 0.117. The van der Waals surface area contributed by atoms with Crippen LogP contribution in [0.5, 0.6) is 0 Å². The van der Waals surface area contributed by atoms with Gasteiger partial charge in [0.1, 0.15) is 5.78 Å². The van der Waals surface area contributed by atoms with E-state index in [-0.39, 0.29) is 23.8 Å². The van der Waals surface area contributed by atoms with Crippen LogP contribution in [0, 0.1) is 11.8 Å². The van der Waals surface area contributed by atoms with Gasteiger partial charge in [-0.1, -0.05) is 6.92 Å². The number of hydrogen-bond donors (Lipinski definition) is 2. The van der Waals surface area contributed by atoms with Crippen LogP contribution in [0.2, 0.25) is 0 Å². The SMILES string of the molecule is CCCN(C(=O)NCCN(C)C)C(=O)[C@H]1CN[C@@H]2CCC(=O)C[C@H]2C1. The van der Waals surface area contributed by atoms with Gasteiger partial charge in [0, 0.05) is 45.1 Å². The summed E-state index contributed by atoms with van der Waals surface area (Å²) in [5, 5.41) is 6.26. The molecule has 0 bridgehead atoms. The molecule has 0 spiro atoms. The summed E-state index contributed by atoms with van der Waals surface area (Å²) in [6.45, 7) is 4.23. The van der Waals surface area contributed by atoms with E-state index in [4.69, 9.17) is 0 Å². The number of amides is 3. The van der Waals surface area contributed by atoms with Gasteiger partial charge in [0.25, 0.3) is 0 Å².